The second-order valence-electron chi connectivity index (χ2n) is 5.66. The quantitative estimate of drug-likeness (QED) is 0.699. The first kappa shape index (κ1) is 13.9. The van der Waals surface area contributed by atoms with Crippen LogP contribution in [-0.2, 0) is 0 Å². The molecular formula is C16H23BrO. The van der Waals surface area contributed by atoms with Crippen LogP contribution >= 0.6 is 15.9 Å². The van der Waals surface area contributed by atoms with Crippen LogP contribution in [0.3, 0.4) is 0 Å². The summed E-state index contributed by atoms with van der Waals surface area (Å²) in [5, 5.41) is 0. The maximum atomic E-state index is 5.44. The summed E-state index contributed by atoms with van der Waals surface area (Å²) < 4.78 is 5.44. The van der Waals surface area contributed by atoms with Crippen LogP contribution in [0.1, 0.15) is 47.7 Å². The molecule has 0 aliphatic heterocycles. The molecule has 2 heteroatoms. The van der Waals surface area contributed by atoms with Crippen molar-refractivity contribution < 1.29 is 4.74 Å². The Labute approximate surface area is 119 Å². The summed E-state index contributed by atoms with van der Waals surface area (Å²) in [6.45, 7) is 6.65. The maximum Gasteiger partial charge on any atom is 0.124 e. The second kappa shape index (κ2) is 5.64. The molecule has 1 aliphatic carbocycles. The summed E-state index contributed by atoms with van der Waals surface area (Å²) in [6.07, 6.45) is 4.10. The first-order chi connectivity index (χ1) is 8.54. The molecule has 100 valence electrons. The van der Waals surface area contributed by atoms with Crippen molar-refractivity contribution in [3.63, 3.8) is 0 Å². The highest BCUT2D eigenvalue weighted by molar-refractivity contribution is 9.09. The molecule has 0 amide bonds. The Hall–Kier alpha value is -0.500. The zero-order chi connectivity index (χ0) is 13.3. The lowest BCUT2D eigenvalue weighted by Crippen LogP contribution is -2.11. The zero-order valence-corrected chi connectivity index (χ0v) is 13.4. The third-order valence-electron chi connectivity index (χ3n) is 4.31. The van der Waals surface area contributed by atoms with E-state index in [2.05, 4.69) is 48.8 Å². The number of ether oxygens (including phenoxy) is 1. The molecular weight excluding hydrogens is 288 g/mol. The smallest absolute Gasteiger partial charge is 0.124 e. The first-order valence-electron chi connectivity index (χ1n) is 6.83. The van der Waals surface area contributed by atoms with Gasteiger partial charge < -0.3 is 4.74 Å². The molecule has 1 aromatic rings. The normalized spacial score (nSPS) is 25.2. The summed E-state index contributed by atoms with van der Waals surface area (Å²) in [5.41, 5.74) is 3.88. The van der Waals surface area contributed by atoms with Gasteiger partial charge in [0.2, 0.25) is 0 Å². The van der Waals surface area contributed by atoms with Crippen molar-refractivity contribution in [2.45, 2.75) is 44.9 Å². The molecule has 1 nitrogen and oxygen atoms in total. The fourth-order valence-electron chi connectivity index (χ4n) is 3.32. The van der Waals surface area contributed by atoms with Crippen molar-refractivity contribution >= 4 is 15.9 Å². The molecule has 0 aromatic heterocycles. The lowest BCUT2D eigenvalue weighted by molar-refractivity contribution is 0.404. The molecule has 1 aliphatic rings. The Balaban J connectivity index is 2.28. The lowest BCUT2D eigenvalue weighted by Gasteiger charge is -2.23. The van der Waals surface area contributed by atoms with E-state index in [4.69, 9.17) is 4.74 Å². The molecule has 3 unspecified atom stereocenters. The molecule has 1 fully saturated rings. The Morgan fingerprint density at radius 3 is 2.28 bits per heavy atom. The van der Waals surface area contributed by atoms with E-state index in [0.29, 0.717) is 4.83 Å². The standard InChI is InChI=1S/C16H23BrO/c1-10-6-5-7-14(10)15(17)13-8-11(2)16(18-4)12(3)9-13/h8-10,14-15H,5-7H2,1-4H3. The van der Waals surface area contributed by atoms with Crippen molar-refractivity contribution in [2.24, 2.45) is 11.8 Å². The molecule has 3 atom stereocenters. The molecule has 0 spiro atoms. The number of benzene rings is 1. The van der Waals surface area contributed by atoms with Crippen LogP contribution < -0.4 is 4.74 Å². The van der Waals surface area contributed by atoms with Gasteiger partial charge in [0.25, 0.3) is 0 Å². The topological polar surface area (TPSA) is 9.23 Å². The van der Waals surface area contributed by atoms with Gasteiger partial charge in [-0.1, -0.05) is 47.8 Å². The number of rotatable bonds is 3. The molecule has 0 heterocycles. The van der Waals surface area contributed by atoms with E-state index in [1.165, 1.54) is 36.0 Å². The van der Waals surface area contributed by atoms with Crippen LogP contribution in [0.15, 0.2) is 12.1 Å². The fraction of sp³-hybridized carbons (Fsp3) is 0.625. The van der Waals surface area contributed by atoms with Gasteiger partial charge in [0.05, 0.1) is 7.11 Å². The lowest BCUT2D eigenvalue weighted by atomic mass is 9.89. The van der Waals surface area contributed by atoms with Crippen LogP contribution in [0.5, 0.6) is 5.75 Å². The Morgan fingerprint density at radius 2 is 1.83 bits per heavy atom. The highest BCUT2D eigenvalue weighted by Crippen LogP contribution is 2.45. The SMILES string of the molecule is COc1c(C)cc(C(Br)C2CCCC2C)cc1C. The minimum Gasteiger partial charge on any atom is -0.496 e. The molecule has 0 N–H and O–H groups in total. The van der Waals surface area contributed by atoms with Gasteiger partial charge >= 0.3 is 0 Å². The predicted molar refractivity (Wildman–Crippen MR) is 80.6 cm³/mol. The number of methoxy groups -OCH3 is 1. The largest absolute Gasteiger partial charge is 0.496 e. The van der Waals surface area contributed by atoms with Gasteiger partial charge in [-0.15, -0.1) is 0 Å². The monoisotopic (exact) mass is 310 g/mol. The zero-order valence-electron chi connectivity index (χ0n) is 11.8. The molecule has 1 saturated carbocycles. The summed E-state index contributed by atoms with van der Waals surface area (Å²) >= 11 is 3.93. The maximum absolute atomic E-state index is 5.44. The van der Waals surface area contributed by atoms with E-state index in [1.54, 1.807) is 7.11 Å². The number of halogens is 1. The van der Waals surface area contributed by atoms with Gasteiger partial charge in [0.1, 0.15) is 5.75 Å². The predicted octanol–water partition coefficient (Wildman–Crippen LogP) is 5.18. The molecule has 0 radical (unpaired) electrons. The van der Waals surface area contributed by atoms with Gasteiger partial charge in [-0.2, -0.15) is 0 Å². The molecule has 0 bridgehead atoms. The van der Waals surface area contributed by atoms with E-state index in [0.717, 1.165) is 17.6 Å². The molecule has 2 rings (SSSR count). The summed E-state index contributed by atoms with van der Waals surface area (Å²) in [4.78, 5) is 0.485. The van der Waals surface area contributed by atoms with E-state index >= 15 is 0 Å². The van der Waals surface area contributed by atoms with Gasteiger partial charge in [-0.25, -0.2) is 0 Å². The van der Waals surface area contributed by atoms with E-state index in [1.807, 2.05) is 0 Å². The number of alkyl halides is 1. The Morgan fingerprint density at radius 1 is 1.22 bits per heavy atom. The van der Waals surface area contributed by atoms with Crippen LogP contribution in [0.4, 0.5) is 0 Å². The Kier molecular flexibility index (Phi) is 4.37. The van der Waals surface area contributed by atoms with Gasteiger partial charge in [0.15, 0.2) is 0 Å². The van der Waals surface area contributed by atoms with Gasteiger partial charge in [0, 0.05) is 4.83 Å². The van der Waals surface area contributed by atoms with Gasteiger partial charge in [-0.05, 0) is 48.8 Å². The van der Waals surface area contributed by atoms with Crippen LogP contribution in [0.25, 0.3) is 0 Å². The number of hydrogen-bond donors (Lipinski definition) is 0. The van der Waals surface area contributed by atoms with Crippen molar-refractivity contribution in [1.29, 1.82) is 0 Å². The van der Waals surface area contributed by atoms with Gasteiger partial charge in [-0.3, -0.25) is 0 Å². The Bertz CT molecular complexity index is 404. The highest BCUT2D eigenvalue weighted by atomic mass is 79.9. The average Bonchev–Trinajstić information content (AvgIpc) is 2.74. The van der Waals surface area contributed by atoms with Crippen LogP contribution in [-0.4, -0.2) is 7.11 Å². The number of hydrogen-bond acceptors (Lipinski definition) is 1. The van der Waals surface area contributed by atoms with Crippen molar-refractivity contribution in [3.05, 3.63) is 28.8 Å². The molecule has 1 aromatic carbocycles. The summed E-state index contributed by atoms with van der Waals surface area (Å²) in [6, 6.07) is 4.55. The van der Waals surface area contributed by atoms with Crippen molar-refractivity contribution in [1.82, 2.24) is 0 Å². The minimum absolute atomic E-state index is 0.485. The van der Waals surface area contributed by atoms with Crippen LogP contribution in [0, 0.1) is 25.7 Å². The summed E-state index contributed by atoms with van der Waals surface area (Å²) in [7, 11) is 1.75. The van der Waals surface area contributed by atoms with Crippen molar-refractivity contribution in [2.75, 3.05) is 7.11 Å². The third-order valence-corrected chi connectivity index (χ3v) is 5.52. The molecule has 0 saturated heterocycles. The first-order valence-corrected chi connectivity index (χ1v) is 7.75. The highest BCUT2D eigenvalue weighted by Gasteiger charge is 2.30. The van der Waals surface area contributed by atoms with E-state index < -0.39 is 0 Å². The minimum atomic E-state index is 0.485. The second-order valence-corrected chi connectivity index (χ2v) is 6.65. The fourth-order valence-corrected chi connectivity index (χ4v) is 4.37. The third kappa shape index (κ3) is 2.59. The van der Waals surface area contributed by atoms with E-state index in [9.17, 15) is 0 Å². The van der Waals surface area contributed by atoms with Crippen molar-refractivity contribution in [3.8, 4) is 5.75 Å². The average molecular weight is 311 g/mol. The number of aryl methyl sites for hydroxylation is 2. The van der Waals surface area contributed by atoms with Crippen LogP contribution in [0.2, 0.25) is 0 Å². The van der Waals surface area contributed by atoms with E-state index in [-0.39, 0.29) is 0 Å². The summed E-state index contributed by atoms with van der Waals surface area (Å²) in [5.74, 6) is 2.63. The molecule has 18 heavy (non-hydrogen) atoms.